The molecular formula is C29H40N2O4. The molecule has 0 bridgehead atoms. The number of rotatable bonds is 15. The van der Waals surface area contributed by atoms with Gasteiger partial charge in [-0.3, -0.25) is 9.59 Å². The van der Waals surface area contributed by atoms with Crippen molar-refractivity contribution in [3.63, 3.8) is 0 Å². The fraction of sp³-hybridized carbons (Fsp3) is 0.517. The van der Waals surface area contributed by atoms with E-state index in [2.05, 4.69) is 29.3 Å². The Morgan fingerprint density at radius 2 is 1.57 bits per heavy atom. The Morgan fingerprint density at radius 1 is 0.914 bits per heavy atom. The number of nitrogens with one attached hydrogen (secondary N) is 1. The zero-order valence-electron chi connectivity index (χ0n) is 21.3. The zero-order chi connectivity index (χ0) is 24.9. The van der Waals surface area contributed by atoms with Gasteiger partial charge in [-0.05, 0) is 87.2 Å². The number of ketones is 1. The molecule has 1 fully saturated rings. The van der Waals surface area contributed by atoms with Crippen molar-refractivity contribution in [2.75, 3.05) is 33.4 Å². The number of carbonyl (C=O) groups excluding carboxylic acids is 2. The number of unbranched alkanes of at least 4 members (excludes halogenated alkanes) is 2. The average Bonchev–Trinajstić information content (AvgIpc) is 3.40. The van der Waals surface area contributed by atoms with Crippen LogP contribution in [0.2, 0.25) is 0 Å². The lowest BCUT2D eigenvalue weighted by molar-refractivity contribution is -0.122. The summed E-state index contributed by atoms with van der Waals surface area (Å²) in [6.45, 7) is 5.86. The molecule has 1 atom stereocenters. The molecule has 6 nitrogen and oxygen atoms in total. The van der Waals surface area contributed by atoms with Crippen molar-refractivity contribution < 1.29 is 19.1 Å². The molecule has 1 N–H and O–H groups in total. The predicted molar refractivity (Wildman–Crippen MR) is 139 cm³/mol. The van der Waals surface area contributed by atoms with E-state index < -0.39 is 0 Å². The van der Waals surface area contributed by atoms with Gasteiger partial charge in [-0.1, -0.05) is 25.5 Å². The number of methoxy groups -OCH3 is 1. The molecule has 1 aliphatic rings. The fourth-order valence-corrected chi connectivity index (χ4v) is 4.35. The van der Waals surface area contributed by atoms with Gasteiger partial charge in [-0.25, -0.2) is 0 Å². The molecule has 190 valence electrons. The summed E-state index contributed by atoms with van der Waals surface area (Å²) in [6.07, 6.45) is 6.83. The van der Waals surface area contributed by atoms with Gasteiger partial charge in [0, 0.05) is 24.9 Å². The SMILES string of the molecule is CCCCOc1ccc(C(CN2CCCC2)NC(=O)CCCCC(=O)c2ccc(OC)cc2)cc1. The van der Waals surface area contributed by atoms with Crippen molar-refractivity contribution >= 4 is 11.7 Å². The number of ether oxygens (including phenoxy) is 2. The molecule has 3 rings (SSSR count). The molecule has 1 aliphatic heterocycles. The highest BCUT2D eigenvalue weighted by Crippen LogP contribution is 2.22. The van der Waals surface area contributed by atoms with Gasteiger partial charge in [0.1, 0.15) is 11.5 Å². The van der Waals surface area contributed by atoms with E-state index >= 15 is 0 Å². The Labute approximate surface area is 210 Å². The normalized spacial score (nSPS) is 14.5. The molecule has 1 unspecified atom stereocenters. The molecule has 0 aromatic heterocycles. The van der Waals surface area contributed by atoms with Crippen LogP contribution in [0.25, 0.3) is 0 Å². The van der Waals surface area contributed by atoms with Gasteiger partial charge in [-0.2, -0.15) is 0 Å². The molecule has 1 amide bonds. The van der Waals surface area contributed by atoms with E-state index in [0.29, 0.717) is 31.2 Å². The summed E-state index contributed by atoms with van der Waals surface area (Å²) < 4.78 is 10.9. The molecule has 1 saturated heterocycles. The number of likely N-dealkylation sites (tertiary alicyclic amines) is 1. The Hall–Kier alpha value is -2.86. The van der Waals surface area contributed by atoms with Crippen LogP contribution >= 0.6 is 0 Å². The minimum absolute atomic E-state index is 0.0364. The van der Waals surface area contributed by atoms with Crippen molar-refractivity contribution in [3.8, 4) is 11.5 Å². The first-order valence-electron chi connectivity index (χ1n) is 13.0. The molecule has 2 aromatic carbocycles. The van der Waals surface area contributed by atoms with Crippen molar-refractivity contribution in [3.05, 3.63) is 59.7 Å². The molecular weight excluding hydrogens is 440 g/mol. The largest absolute Gasteiger partial charge is 0.497 e. The van der Waals surface area contributed by atoms with Crippen LogP contribution in [0.3, 0.4) is 0 Å². The van der Waals surface area contributed by atoms with Crippen molar-refractivity contribution in [1.82, 2.24) is 10.2 Å². The summed E-state index contributed by atoms with van der Waals surface area (Å²) in [5, 5.41) is 3.24. The molecule has 1 heterocycles. The number of nitrogens with zero attached hydrogens (tertiary/aromatic N) is 1. The zero-order valence-corrected chi connectivity index (χ0v) is 21.3. The number of hydrogen-bond acceptors (Lipinski definition) is 5. The average molecular weight is 481 g/mol. The van der Waals surface area contributed by atoms with Gasteiger partial charge in [-0.15, -0.1) is 0 Å². The summed E-state index contributed by atoms with van der Waals surface area (Å²) in [7, 11) is 1.61. The Kier molecular flexibility index (Phi) is 11.1. The summed E-state index contributed by atoms with van der Waals surface area (Å²) in [4.78, 5) is 27.6. The van der Waals surface area contributed by atoms with Gasteiger partial charge in [0.15, 0.2) is 5.78 Å². The Bertz CT molecular complexity index is 905. The highest BCUT2D eigenvalue weighted by molar-refractivity contribution is 5.96. The van der Waals surface area contributed by atoms with Gasteiger partial charge >= 0.3 is 0 Å². The van der Waals surface area contributed by atoms with Crippen molar-refractivity contribution in [2.24, 2.45) is 0 Å². The molecule has 0 radical (unpaired) electrons. The van der Waals surface area contributed by atoms with E-state index in [0.717, 1.165) is 56.1 Å². The van der Waals surface area contributed by atoms with Gasteiger partial charge in [0.2, 0.25) is 5.91 Å². The lowest BCUT2D eigenvalue weighted by atomic mass is 10.0. The van der Waals surface area contributed by atoms with Crippen LogP contribution in [-0.2, 0) is 4.79 Å². The molecule has 0 saturated carbocycles. The monoisotopic (exact) mass is 480 g/mol. The second kappa shape index (κ2) is 14.5. The van der Waals surface area contributed by atoms with Crippen LogP contribution in [-0.4, -0.2) is 49.9 Å². The number of benzene rings is 2. The summed E-state index contributed by atoms with van der Waals surface area (Å²) >= 11 is 0. The maximum atomic E-state index is 12.8. The van der Waals surface area contributed by atoms with Crippen molar-refractivity contribution in [2.45, 2.75) is 64.3 Å². The van der Waals surface area contributed by atoms with Crippen LogP contribution in [0.1, 0.15) is 80.3 Å². The van der Waals surface area contributed by atoms with Gasteiger partial charge in [0.05, 0.1) is 19.8 Å². The van der Waals surface area contributed by atoms with E-state index in [1.165, 1.54) is 12.8 Å². The first-order chi connectivity index (χ1) is 17.1. The van der Waals surface area contributed by atoms with E-state index in [1.54, 1.807) is 31.4 Å². The third kappa shape index (κ3) is 9.02. The molecule has 6 heteroatoms. The van der Waals surface area contributed by atoms with Gasteiger partial charge in [0.25, 0.3) is 0 Å². The quantitative estimate of drug-likeness (QED) is 0.267. The van der Waals surface area contributed by atoms with E-state index in [9.17, 15) is 9.59 Å². The summed E-state index contributed by atoms with van der Waals surface area (Å²) in [6, 6.07) is 15.2. The number of hydrogen-bond donors (Lipinski definition) is 1. The van der Waals surface area contributed by atoms with Crippen LogP contribution in [0, 0.1) is 0 Å². The number of amides is 1. The Morgan fingerprint density at radius 3 is 2.23 bits per heavy atom. The lowest BCUT2D eigenvalue weighted by Crippen LogP contribution is -2.36. The number of carbonyl (C=O) groups is 2. The first-order valence-corrected chi connectivity index (χ1v) is 13.0. The van der Waals surface area contributed by atoms with Crippen molar-refractivity contribution in [1.29, 1.82) is 0 Å². The predicted octanol–water partition coefficient (Wildman–Crippen LogP) is 5.57. The lowest BCUT2D eigenvalue weighted by Gasteiger charge is -2.25. The van der Waals surface area contributed by atoms with E-state index in [1.807, 2.05) is 12.1 Å². The topological polar surface area (TPSA) is 67.9 Å². The highest BCUT2D eigenvalue weighted by atomic mass is 16.5. The smallest absolute Gasteiger partial charge is 0.220 e. The van der Waals surface area contributed by atoms with E-state index in [-0.39, 0.29) is 17.7 Å². The second-order valence-corrected chi connectivity index (χ2v) is 9.26. The van der Waals surface area contributed by atoms with Gasteiger partial charge < -0.3 is 19.7 Å². The standard InChI is InChI=1S/C29H40N2O4/c1-3-4-21-35-26-17-11-23(12-18-26)27(22-31-19-7-8-20-31)30-29(33)10-6-5-9-28(32)24-13-15-25(34-2)16-14-24/h11-18,27H,3-10,19-22H2,1-2H3,(H,30,33). The number of Topliss-reactive ketones (excluding diaryl/α,β-unsaturated/α-hetero) is 1. The van der Waals surface area contributed by atoms with Crippen LogP contribution in [0.15, 0.2) is 48.5 Å². The highest BCUT2D eigenvalue weighted by Gasteiger charge is 2.21. The molecule has 2 aromatic rings. The third-order valence-corrected chi connectivity index (χ3v) is 6.49. The summed E-state index contributed by atoms with van der Waals surface area (Å²) in [5.41, 5.74) is 1.78. The molecule has 35 heavy (non-hydrogen) atoms. The molecule has 0 spiro atoms. The van der Waals surface area contributed by atoms with Crippen LogP contribution < -0.4 is 14.8 Å². The third-order valence-electron chi connectivity index (χ3n) is 6.49. The fourth-order valence-electron chi connectivity index (χ4n) is 4.35. The first kappa shape index (κ1) is 26.7. The maximum Gasteiger partial charge on any atom is 0.220 e. The molecule has 0 aliphatic carbocycles. The minimum Gasteiger partial charge on any atom is -0.497 e. The van der Waals surface area contributed by atoms with Crippen LogP contribution in [0.4, 0.5) is 0 Å². The minimum atomic E-state index is -0.0498. The maximum absolute atomic E-state index is 12.8. The Balaban J connectivity index is 1.48. The van der Waals surface area contributed by atoms with Crippen LogP contribution in [0.5, 0.6) is 11.5 Å². The second-order valence-electron chi connectivity index (χ2n) is 9.26. The van der Waals surface area contributed by atoms with E-state index in [4.69, 9.17) is 9.47 Å². The summed E-state index contributed by atoms with van der Waals surface area (Å²) in [5.74, 6) is 1.74.